The number of nitrogens with one attached hydrogen (secondary N) is 1. The molecule has 1 aliphatic carbocycles. The van der Waals surface area contributed by atoms with Crippen molar-refractivity contribution in [3.05, 3.63) is 53.3 Å². The molecule has 0 aliphatic heterocycles. The maximum atomic E-state index is 5.92. The lowest BCUT2D eigenvalue weighted by atomic mass is 10.1. The van der Waals surface area contributed by atoms with Crippen molar-refractivity contribution in [1.82, 2.24) is 10.3 Å². The van der Waals surface area contributed by atoms with E-state index in [-0.39, 0.29) is 0 Å². The molecule has 3 heteroatoms. The Morgan fingerprint density at radius 3 is 2.84 bits per heavy atom. The van der Waals surface area contributed by atoms with Gasteiger partial charge in [0.25, 0.3) is 0 Å². The van der Waals surface area contributed by atoms with Gasteiger partial charge in [-0.15, -0.1) is 0 Å². The van der Waals surface area contributed by atoms with Gasteiger partial charge < -0.3 is 10.1 Å². The largest absolute Gasteiger partial charge is 0.457 e. The first-order valence-electron chi connectivity index (χ1n) is 6.74. The Morgan fingerprint density at radius 2 is 1.95 bits per heavy atom. The van der Waals surface area contributed by atoms with Gasteiger partial charge in [0.15, 0.2) is 0 Å². The second-order valence-corrected chi connectivity index (χ2v) is 4.90. The van der Waals surface area contributed by atoms with E-state index < -0.39 is 0 Å². The van der Waals surface area contributed by atoms with E-state index in [1.165, 1.54) is 30.4 Å². The van der Waals surface area contributed by atoms with Gasteiger partial charge in [-0.1, -0.05) is 6.07 Å². The Morgan fingerprint density at radius 1 is 1.11 bits per heavy atom. The first-order valence-corrected chi connectivity index (χ1v) is 6.74. The van der Waals surface area contributed by atoms with Gasteiger partial charge in [0.2, 0.25) is 0 Å². The predicted octanol–water partition coefficient (Wildman–Crippen LogP) is 3.08. The monoisotopic (exact) mass is 254 g/mol. The number of hydrogen-bond acceptors (Lipinski definition) is 3. The fraction of sp³-hybridized carbons (Fsp3) is 0.312. The van der Waals surface area contributed by atoms with Crippen molar-refractivity contribution >= 4 is 0 Å². The molecule has 0 bridgehead atoms. The molecule has 0 radical (unpaired) electrons. The van der Waals surface area contributed by atoms with Crippen LogP contribution in [0, 0.1) is 0 Å². The van der Waals surface area contributed by atoms with E-state index in [0.717, 1.165) is 23.7 Å². The topological polar surface area (TPSA) is 34.1 Å². The second-order valence-electron chi connectivity index (χ2n) is 4.90. The molecule has 19 heavy (non-hydrogen) atoms. The average Bonchev–Trinajstić information content (AvgIpc) is 2.87. The number of pyridine rings is 1. The van der Waals surface area contributed by atoms with Crippen LogP contribution in [0.1, 0.15) is 23.2 Å². The van der Waals surface area contributed by atoms with Crippen LogP contribution in [0.3, 0.4) is 0 Å². The molecule has 0 saturated heterocycles. The van der Waals surface area contributed by atoms with Gasteiger partial charge in [-0.2, -0.15) is 0 Å². The zero-order chi connectivity index (χ0) is 13.1. The number of hydrogen-bond donors (Lipinski definition) is 1. The number of fused-ring (bicyclic) bond motifs is 1. The smallest absolute Gasteiger partial charge is 0.130 e. The number of rotatable bonds is 4. The molecule has 2 aromatic rings. The molecule has 3 rings (SSSR count). The van der Waals surface area contributed by atoms with E-state index in [9.17, 15) is 0 Å². The molecule has 0 unspecified atom stereocenters. The number of aromatic nitrogens is 1. The third kappa shape index (κ3) is 2.76. The minimum atomic E-state index is 0.751. The van der Waals surface area contributed by atoms with Crippen LogP contribution in [0.5, 0.6) is 11.5 Å². The summed E-state index contributed by atoms with van der Waals surface area (Å²) in [5.41, 5.74) is 3.89. The number of aryl methyl sites for hydroxylation is 2. The van der Waals surface area contributed by atoms with Crippen molar-refractivity contribution in [2.45, 2.75) is 25.8 Å². The second kappa shape index (κ2) is 5.41. The maximum Gasteiger partial charge on any atom is 0.130 e. The van der Waals surface area contributed by atoms with E-state index >= 15 is 0 Å². The molecule has 0 atom stereocenters. The van der Waals surface area contributed by atoms with Crippen molar-refractivity contribution in [2.24, 2.45) is 0 Å². The number of ether oxygens (including phenoxy) is 1. The van der Waals surface area contributed by atoms with E-state index in [2.05, 4.69) is 28.5 Å². The van der Waals surface area contributed by atoms with Crippen LogP contribution in [0.15, 0.2) is 36.5 Å². The normalized spacial score (nSPS) is 13.3. The highest BCUT2D eigenvalue weighted by Gasteiger charge is 2.11. The number of benzene rings is 1. The highest BCUT2D eigenvalue weighted by Crippen LogP contribution is 2.28. The highest BCUT2D eigenvalue weighted by molar-refractivity contribution is 5.40. The molecule has 1 heterocycles. The minimum Gasteiger partial charge on any atom is -0.457 e. The van der Waals surface area contributed by atoms with Gasteiger partial charge in [-0.25, -0.2) is 0 Å². The summed E-state index contributed by atoms with van der Waals surface area (Å²) in [6.45, 7) is 0.751. The van der Waals surface area contributed by atoms with Crippen LogP contribution < -0.4 is 10.1 Å². The van der Waals surface area contributed by atoms with Gasteiger partial charge in [0.1, 0.15) is 11.5 Å². The summed E-state index contributed by atoms with van der Waals surface area (Å²) >= 11 is 0. The Balaban J connectivity index is 1.79. The third-order valence-corrected chi connectivity index (χ3v) is 3.45. The van der Waals surface area contributed by atoms with Crippen LogP contribution in [0.4, 0.5) is 0 Å². The summed E-state index contributed by atoms with van der Waals surface area (Å²) in [6, 6.07) is 10.3. The molecule has 1 aromatic heterocycles. The average molecular weight is 254 g/mol. The molecular formula is C16H18N2O. The van der Waals surface area contributed by atoms with Gasteiger partial charge >= 0.3 is 0 Å². The SMILES string of the molecule is CNCc1cc(Oc2ccc3c(c2)CCC3)ccn1. The van der Waals surface area contributed by atoms with Gasteiger partial charge in [0, 0.05) is 18.8 Å². The molecule has 0 amide bonds. The van der Waals surface area contributed by atoms with Crippen molar-refractivity contribution in [3.8, 4) is 11.5 Å². The molecular weight excluding hydrogens is 236 g/mol. The summed E-state index contributed by atoms with van der Waals surface area (Å²) in [5, 5.41) is 3.09. The summed E-state index contributed by atoms with van der Waals surface area (Å²) in [5.74, 6) is 1.76. The van der Waals surface area contributed by atoms with E-state index in [0.29, 0.717) is 0 Å². The zero-order valence-electron chi connectivity index (χ0n) is 11.1. The van der Waals surface area contributed by atoms with Gasteiger partial charge in [-0.3, -0.25) is 4.98 Å². The van der Waals surface area contributed by atoms with Crippen molar-refractivity contribution in [3.63, 3.8) is 0 Å². The third-order valence-electron chi connectivity index (χ3n) is 3.45. The Bertz CT molecular complexity index is 581. The molecule has 0 fully saturated rings. The molecule has 0 spiro atoms. The molecule has 1 aliphatic rings. The molecule has 0 saturated carbocycles. The first-order chi connectivity index (χ1) is 9.35. The fourth-order valence-corrected chi connectivity index (χ4v) is 2.55. The van der Waals surface area contributed by atoms with E-state index in [1.54, 1.807) is 6.20 Å². The van der Waals surface area contributed by atoms with E-state index in [1.807, 2.05) is 19.2 Å². The van der Waals surface area contributed by atoms with Crippen molar-refractivity contribution in [1.29, 1.82) is 0 Å². The predicted molar refractivity (Wildman–Crippen MR) is 75.5 cm³/mol. The molecule has 98 valence electrons. The minimum absolute atomic E-state index is 0.751. The first kappa shape index (κ1) is 12.2. The van der Waals surface area contributed by atoms with Crippen LogP contribution in [0.25, 0.3) is 0 Å². The highest BCUT2D eigenvalue weighted by atomic mass is 16.5. The molecule has 1 N–H and O–H groups in total. The standard InChI is InChI=1S/C16H18N2O/c1-17-11-14-10-16(7-8-18-14)19-15-6-5-12-3-2-4-13(12)9-15/h5-10,17H,2-4,11H2,1H3. The Labute approximate surface area is 113 Å². The number of nitrogens with zero attached hydrogens (tertiary/aromatic N) is 1. The van der Waals surface area contributed by atoms with Crippen LogP contribution in [-0.4, -0.2) is 12.0 Å². The van der Waals surface area contributed by atoms with Crippen LogP contribution in [-0.2, 0) is 19.4 Å². The lowest BCUT2D eigenvalue weighted by Gasteiger charge is -2.08. The van der Waals surface area contributed by atoms with Crippen molar-refractivity contribution in [2.75, 3.05) is 7.05 Å². The van der Waals surface area contributed by atoms with Gasteiger partial charge in [-0.05, 0) is 55.6 Å². The maximum absolute atomic E-state index is 5.92. The molecule has 3 nitrogen and oxygen atoms in total. The summed E-state index contributed by atoms with van der Waals surface area (Å²) < 4.78 is 5.92. The van der Waals surface area contributed by atoms with Crippen LogP contribution in [0.2, 0.25) is 0 Å². The van der Waals surface area contributed by atoms with E-state index in [4.69, 9.17) is 4.74 Å². The lowest BCUT2D eigenvalue weighted by Crippen LogP contribution is -2.06. The quantitative estimate of drug-likeness (QED) is 0.910. The zero-order valence-corrected chi connectivity index (χ0v) is 11.1. The van der Waals surface area contributed by atoms with Crippen LogP contribution >= 0.6 is 0 Å². The summed E-state index contributed by atoms with van der Waals surface area (Å²) in [7, 11) is 1.91. The molecule has 1 aromatic carbocycles. The fourth-order valence-electron chi connectivity index (χ4n) is 2.55. The van der Waals surface area contributed by atoms with Crippen molar-refractivity contribution < 1.29 is 4.74 Å². The lowest BCUT2D eigenvalue weighted by molar-refractivity contribution is 0.480. The Hall–Kier alpha value is -1.87. The van der Waals surface area contributed by atoms with Gasteiger partial charge in [0.05, 0.1) is 5.69 Å². The summed E-state index contributed by atoms with van der Waals surface area (Å²) in [4.78, 5) is 4.29. The Kier molecular flexibility index (Phi) is 3.47. The summed E-state index contributed by atoms with van der Waals surface area (Å²) in [6.07, 6.45) is 5.43.